The van der Waals surface area contributed by atoms with E-state index in [-0.39, 0.29) is 0 Å². The van der Waals surface area contributed by atoms with Gasteiger partial charge in [0.15, 0.2) is 5.56 Å². The summed E-state index contributed by atoms with van der Waals surface area (Å²) < 4.78 is 7.43. The van der Waals surface area contributed by atoms with E-state index in [1.54, 1.807) is 4.68 Å². The summed E-state index contributed by atoms with van der Waals surface area (Å²) in [7, 11) is 0. The first-order valence-electron chi connectivity index (χ1n) is 7.96. The number of ether oxygens (including phenoxy) is 1. The zero-order valence-electron chi connectivity index (χ0n) is 14.3. The van der Waals surface area contributed by atoms with Gasteiger partial charge in [0.25, 0.3) is 5.88 Å². The maximum atomic E-state index is 9.29. The van der Waals surface area contributed by atoms with Gasteiger partial charge in [0.1, 0.15) is 18.5 Å². The van der Waals surface area contributed by atoms with Crippen molar-refractivity contribution in [1.82, 2.24) is 9.78 Å². The van der Waals surface area contributed by atoms with Gasteiger partial charge in [-0.2, -0.15) is 5.26 Å². The van der Waals surface area contributed by atoms with Crippen molar-refractivity contribution in [2.75, 3.05) is 5.73 Å². The van der Waals surface area contributed by atoms with Crippen LogP contribution in [0.1, 0.15) is 55.4 Å². The number of aromatic nitrogens is 2. The second kappa shape index (κ2) is 7.19. The summed E-state index contributed by atoms with van der Waals surface area (Å²) in [6, 6.07) is 8.48. The minimum atomic E-state index is 0.313. The van der Waals surface area contributed by atoms with Crippen LogP contribution in [-0.2, 0) is 13.2 Å². The minimum Gasteiger partial charge on any atom is -0.471 e. The zero-order chi connectivity index (χ0) is 17.0. The number of aryl methyl sites for hydroxylation is 2. The lowest BCUT2D eigenvalue weighted by Gasteiger charge is -2.11. The number of rotatable bonds is 6. The smallest absolute Gasteiger partial charge is 0.253 e. The Balaban J connectivity index is 2.23. The van der Waals surface area contributed by atoms with Gasteiger partial charge in [-0.3, -0.25) is 0 Å². The maximum Gasteiger partial charge on any atom is 0.253 e. The third kappa shape index (κ3) is 3.65. The molecule has 0 atom stereocenters. The molecule has 1 aromatic carbocycles. The predicted molar refractivity (Wildman–Crippen MR) is 91.2 cm³/mol. The second-order valence-electron chi connectivity index (χ2n) is 6.03. The van der Waals surface area contributed by atoms with Crippen molar-refractivity contribution in [2.24, 2.45) is 0 Å². The van der Waals surface area contributed by atoms with E-state index < -0.39 is 0 Å². The molecule has 0 spiro atoms. The SMILES string of the molecule is CCCn1nc(OCc2cc(C(C)C)ccc2C)c(C#N)c1N. The van der Waals surface area contributed by atoms with Crippen molar-refractivity contribution in [3.63, 3.8) is 0 Å². The molecule has 122 valence electrons. The van der Waals surface area contributed by atoms with Crippen LogP contribution in [0.5, 0.6) is 5.88 Å². The van der Waals surface area contributed by atoms with Crippen molar-refractivity contribution in [3.05, 3.63) is 40.5 Å². The first-order chi connectivity index (χ1) is 11.0. The Labute approximate surface area is 137 Å². The van der Waals surface area contributed by atoms with Gasteiger partial charge in [0, 0.05) is 6.54 Å². The Hall–Kier alpha value is -2.48. The summed E-state index contributed by atoms with van der Waals surface area (Å²) in [6.07, 6.45) is 0.895. The summed E-state index contributed by atoms with van der Waals surface area (Å²) >= 11 is 0. The largest absolute Gasteiger partial charge is 0.471 e. The molecule has 0 radical (unpaired) electrons. The number of nitrogens with two attached hydrogens (primary N) is 1. The molecule has 23 heavy (non-hydrogen) atoms. The number of benzene rings is 1. The van der Waals surface area contributed by atoms with E-state index in [1.807, 2.05) is 6.92 Å². The zero-order valence-corrected chi connectivity index (χ0v) is 14.3. The fourth-order valence-corrected chi connectivity index (χ4v) is 2.39. The average molecular weight is 312 g/mol. The van der Waals surface area contributed by atoms with E-state index in [2.05, 4.69) is 50.1 Å². The van der Waals surface area contributed by atoms with Crippen LogP contribution in [-0.4, -0.2) is 9.78 Å². The highest BCUT2D eigenvalue weighted by Gasteiger charge is 2.17. The van der Waals surface area contributed by atoms with Crippen LogP contribution in [0.3, 0.4) is 0 Å². The normalized spacial score (nSPS) is 10.8. The van der Waals surface area contributed by atoms with Gasteiger partial charge in [0.05, 0.1) is 0 Å². The standard InChI is InChI=1S/C18H24N4O/c1-5-8-22-17(20)16(10-19)18(21-22)23-11-15-9-14(12(2)3)7-6-13(15)4/h6-7,9,12H,5,8,11,20H2,1-4H3. The van der Waals surface area contributed by atoms with Crippen LogP contribution in [0.25, 0.3) is 0 Å². The molecule has 1 heterocycles. The number of nitriles is 1. The summed E-state index contributed by atoms with van der Waals surface area (Å²) in [4.78, 5) is 0. The van der Waals surface area contributed by atoms with Crippen molar-refractivity contribution in [1.29, 1.82) is 5.26 Å². The predicted octanol–water partition coefficient (Wildman–Crippen LogP) is 3.76. The van der Waals surface area contributed by atoms with E-state index in [0.717, 1.165) is 17.5 Å². The Bertz CT molecular complexity index is 725. The van der Waals surface area contributed by atoms with E-state index in [0.29, 0.717) is 36.3 Å². The number of hydrogen-bond acceptors (Lipinski definition) is 4. The molecule has 0 amide bonds. The highest BCUT2D eigenvalue weighted by Crippen LogP contribution is 2.25. The number of anilines is 1. The van der Waals surface area contributed by atoms with Gasteiger partial charge in [-0.25, -0.2) is 4.68 Å². The molecule has 1 aromatic heterocycles. The van der Waals surface area contributed by atoms with Gasteiger partial charge in [-0.05, 0) is 36.0 Å². The molecule has 2 rings (SSSR count). The highest BCUT2D eigenvalue weighted by atomic mass is 16.5. The van der Waals surface area contributed by atoms with Crippen LogP contribution in [0.15, 0.2) is 18.2 Å². The van der Waals surface area contributed by atoms with Crippen molar-refractivity contribution in [2.45, 2.75) is 53.2 Å². The number of nitrogen functional groups attached to an aromatic ring is 1. The van der Waals surface area contributed by atoms with Crippen LogP contribution < -0.4 is 10.5 Å². The lowest BCUT2D eigenvalue weighted by molar-refractivity contribution is 0.288. The first kappa shape index (κ1) is 16.9. The fourth-order valence-electron chi connectivity index (χ4n) is 2.39. The summed E-state index contributed by atoms with van der Waals surface area (Å²) in [5.41, 5.74) is 9.81. The second-order valence-corrected chi connectivity index (χ2v) is 6.03. The molecule has 0 fully saturated rings. The van der Waals surface area contributed by atoms with Crippen molar-refractivity contribution in [3.8, 4) is 11.9 Å². The quantitative estimate of drug-likeness (QED) is 0.881. The molecule has 0 aliphatic heterocycles. The fraction of sp³-hybridized carbons (Fsp3) is 0.444. The minimum absolute atomic E-state index is 0.313. The molecule has 0 aliphatic rings. The molecule has 2 aromatic rings. The molecule has 0 aliphatic carbocycles. The Morgan fingerprint density at radius 1 is 1.39 bits per heavy atom. The van der Waals surface area contributed by atoms with E-state index >= 15 is 0 Å². The topological polar surface area (TPSA) is 76.9 Å². The molecule has 5 heteroatoms. The highest BCUT2D eigenvalue weighted by molar-refractivity contribution is 5.55. The Morgan fingerprint density at radius 2 is 2.13 bits per heavy atom. The Morgan fingerprint density at radius 3 is 2.74 bits per heavy atom. The van der Waals surface area contributed by atoms with Gasteiger partial charge >= 0.3 is 0 Å². The molecule has 0 bridgehead atoms. The molecular formula is C18H24N4O. The van der Waals surface area contributed by atoms with E-state index in [1.165, 1.54) is 5.56 Å². The van der Waals surface area contributed by atoms with Crippen LogP contribution >= 0.6 is 0 Å². The lowest BCUT2D eigenvalue weighted by atomic mass is 9.98. The maximum absolute atomic E-state index is 9.29. The van der Waals surface area contributed by atoms with Crippen LogP contribution in [0.2, 0.25) is 0 Å². The van der Waals surface area contributed by atoms with Gasteiger partial charge in [-0.15, -0.1) is 5.10 Å². The number of nitrogens with zero attached hydrogens (tertiary/aromatic N) is 3. The third-order valence-corrected chi connectivity index (χ3v) is 3.91. The van der Waals surface area contributed by atoms with Gasteiger partial charge in [0.2, 0.25) is 0 Å². The molecule has 0 saturated heterocycles. The van der Waals surface area contributed by atoms with Gasteiger partial charge < -0.3 is 10.5 Å². The molecule has 5 nitrogen and oxygen atoms in total. The van der Waals surface area contributed by atoms with Crippen LogP contribution in [0.4, 0.5) is 5.82 Å². The molecule has 0 saturated carbocycles. The molecule has 2 N–H and O–H groups in total. The molecular weight excluding hydrogens is 288 g/mol. The average Bonchev–Trinajstić information content (AvgIpc) is 2.82. The van der Waals surface area contributed by atoms with Crippen molar-refractivity contribution >= 4 is 5.82 Å². The van der Waals surface area contributed by atoms with E-state index in [4.69, 9.17) is 10.5 Å². The monoisotopic (exact) mass is 312 g/mol. The number of hydrogen-bond donors (Lipinski definition) is 1. The van der Waals surface area contributed by atoms with E-state index in [9.17, 15) is 5.26 Å². The van der Waals surface area contributed by atoms with Gasteiger partial charge in [-0.1, -0.05) is 39.0 Å². The summed E-state index contributed by atoms with van der Waals surface area (Å²) in [6.45, 7) is 9.47. The summed E-state index contributed by atoms with van der Waals surface area (Å²) in [5.74, 6) is 1.15. The first-order valence-corrected chi connectivity index (χ1v) is 7.96. The van der Waals surface area contributed by atoms with Crippen molar-refractivity contribution < 1.29 is 4.74 Å². The Kier molecular flexibility index (Phi) is 5.28. The lowest BCUT2D eigenvalue weighted by Crippen LogP contribution is -2.04. The summed E-state index contributed by atoms with van der Waals surface area (Å²) in [5, 5.41) is 13.6. The molecule has 0 unspecified atom stereocenters. The third-order valence-electron chi connectivity index (χ3n) is 3.91. The van der Waals surface area contributed by atoms with Crippen LogP contribution in [0, 0.1) is 18.3 Å².